The van der Waals surface area contributed by atoms with E-state index in [1.807, 2.05) is 49.5 Å². The third kappa shape index (κ3) is 3.92. The molecule has 24 heavy (non-hydrogen) atoms. The lowest BCUT2D eigenvalue weighted by molar-refractivity contribution is -0.0290. The van der Waals surface area contributed by atoms with Crippen molar-refractivity contribution in [2.45, 2.75) is 37.8 Å². The summed E-state index contributed by atoms with van der Waals surface area (Å²) < 4.78 is 0. The first-order valence-electron chi connectivity index (χ1n) is 8.33. The Hall–Kier alpha value is -2.40. The van der Waals surface area contributed by atoms with E-state index in [0.29, 0.717) is 6.54 Å². The van der Waals surface area contributed by atoms with E-state index in [2.05, 4.69) is 15.6 Å². The molecular weight excluding hydrogens is 302 g/mol. The Labute approximate surface area is 142 Å². The summed E-state index contributed by atoms with van der Waals surface area (Å²) >= 11 is 0. The fourth-order valence-corrected chi connectivity index (χ4v) is 2.84. The molecule has 5 heteroatoms. The molecule has 1 heterocycles. The second-order valence-electron chi connectivity index (χ2n) is 6.49. The molecule has 1 fully saturated rings. The molecule has 1 aromatic heterocycles. The summed E-state index contributed by atoms with van der Waals surface area (Å²) in [5, 5.41) is 15.7. The first-order chi connectivity index (χ1) is 11.6. The van der Waals surface area contributed by atoms with Crippen LogP contribution in [0.2, 0.25) is 0 Å². The molecule has 3 rings (SSSR count). The zero-order valence-electron chi connectivity index (χ0n) is 13.8. The highest BCUT2D eigenvalue weighted by molar-refractivity contribution is 5.74. The van der Waals surface area contributed by atoms with Crippen LogP contribution in [0.1, 0.15) is 37.8 Å². The number of aromatic nitrogens is 1. The number of carbonyl (C=O) groups excluding carboxylic acids is 1. The van der Waals surface area contributed by atoms with Crippen molar-refractivity contribution in [1.29, 1.82) is 0 Å². The smallest absolute Gasteiger partial charge is 0.315 e. The van der Waals surface area contributed by atoms with Crippen LogP contribution in [-0.2, 0) is 0 Å². The standard InChI is InChI=1S/C19H23N3O2/c1-14(22-18(23)21-13-19(24)9-3-10-19)15-5-7-16(8-6-15)17-4-2-11-20-12-17/h2,4-8,11-12,14,24H,3,9-10,13H2,1H3,(H2,21,22,23). The van der Waals surface area contributed by atoms with Gasteiger partial charge in [-0.15, -0.1) is 0 Å². The van der Waals surface area contributed by atoms with Crippen LogP contribution in [0.25, 0.3) is 11.1 Å². The van der Waals surface area contributed by atoms with Crippen LogP contribution in [0.4, 0.5) is 4.79 Å². The number of hydrogen-bond donors (Lipinski definition) is 3. The highest BCUT2D eigenvalue weighted by atomic mass is 16.3. The van der Waals surface area contributed by atoms with Crippen LogP contribution < -0.4 is 10.6 Å². The van der Waals surface area contributed by atoms with Gasteiger partial charge in [-0.25, -0.2) is 4.79 Å². The lowest BCUT2D eigenvalue weighted by atomic mass is 9.80. The Kier molecular flexibility index (Phi) is 4.81. The Morgan fingerprint density at radius 1 is 1.25 bits per heavy atom. The Morgan fingerprint density at radius 3 is 2.58 bits per heavy atom. The van der Waals surface area contributed by atoms with Crippen molar-refractivity contribution in [3.63, 3.8) is 0 Å². The summed E-state index contributed by atoms with van der Waals surface area (Å²) in [6.45, 7) is 2.25. The predicted octanol–water partition coefficient (Wildman–Crippen LogP) is 3.02. The summed E-state index contributed by atoms with van der Waals surface area (Å²) in [5.74, 6) is 0. The van der Waals surface area contributed by atoms with Crippen LogP contribution in [0.5, 0.6) is 0 Å². The summed E-state index contributed by atoms with van der Waals surface area (Å²) in [4.78, 5) is 16.1. The van der Waals surface area contributed by atoms with Crippen molar-refractivity contribution in [3.8, 4) is 11.1 Å². The second kappa shape index (κ2) is 7.01. The Morgan fingerprint density at radius 2 is 2.00 bits per heavy atom. The summed E-state index contributed by atoms with van der Waals surface area (Å²) in [7, 11) is 0. The Balaban J connectivity index is 1.54. The SMILES string of the molecule is CC(NC(=O)NCC1(O)CCC1)c1ccc(-c2cccnc2)cc1. The number of rotatable bonds is 5. The zero-order valence-corrected chi connectivity index (χ0v) is 13.8. The number of pyridine rings is 1. The van der Waals surface area contributed by atoms with E-state index in [1.165, 1.54) is 0 Å². The molecule has 5 nitrogen and oxygen atoms in total. The van der Waals surface area contributed by atoms with Crippen LogP contribution >= 0.6 is 0 Å². The van der Waals surface area contributed by atoms with Gasteiger partial charge in [-0.1, -0.05) is 30.3 Å². The van der Waals surface area contributed by atoms with Gasteiger partial charge in [0.15, 0.2) is 0 Å². The van der Waals surface area contributed by atoms with Crippen molar-refractivity contribution >= 4 is 6.03 Å². The molecule has 1 saturated carbocycles. The van der Waals surface area contributed by atoms with E-state index in [-0.39, 0.29) is 12.1 Å². The summed E-state index contributed by atoms with van der Waals surface area (Å²) in [5.41, 5.74) is 2.48. The van der Waals surface area contributed by atoms with Gasteiger partial charge >= 0.3 is 6.03 Å². The minimum Gasteiger partial charge on any atom is -0.388 e. The van der Waals surface area contributed by atoms with E-state index in [4.69, 9.17) is 0 Å². The molecule has 1 atom stereocenters. The second-order valence-corrected chi connectivity index (χ2v) is 6.49. The average molecular weight is 325 g/mol. The van der Waals surface area contributed by atoms with Gasteiger partial charge in [0.05, 0.1) is 11.6 Å². The van der Waals surface area contributed by atoms with Crippen molar-refractivity contribution < 1.29 is 9.90 Å². The van der Waals surface area contributed by atoms with Gasteiger partial charge in [0.1, 0.15) is 0 Å². The molecule has 0 spiro atoms. The third-order valence-corrected chi connectivity index (χ3v) is 4.62. The van der Waals surface area contributed by atoms with Crippen LogP contribution in [0.3, 0.4) is 0 Å². The average Bonchev–Trinajstić information content (AvgIpc) is 2.59. The summed E-state index contributed by atoms with van der Waals surface area (Å²) in [6.07, 6.45) is 6.13. The monoisotopic (exact) mass is 325 g/mol. The Bertz CT molecular complexity index is 682. The number of nitrogens with one attached hydrogen (secondary N) is 2. The van der Waals surface area contributed by atoms with Gasteiger partial charge in [-0.05, 0) is 48.9 Å². The van der Waals surface area contributed by atoms with E-state index in [0.717, 1.165) is 36.0 Å². The maximum Gasteiger partial charge on any atom is 0.315 e. The minimum absolute atomic E-state index is 0.107. The lowest BCUT2D eigenvalue weighted by Crippen LogP contribution is -2.50. The number of benzene rings is 1. The van der Waals surface area contributed by atoms with Crippen molar-refractivity contribution in [2.75, 3.05) is 6.54 Å². The van der Waals surface area contributed by atoms with Gasteiger partial charge in [0.2, 0.25) is 0 Å². The quantitative estimate of drug-likeness (QED) is 0.791. The van der Waals surface area contributed by atoms with Crippen molar-refractivity contribution in [1.82, 2.24) is 15.6 Å². The van der Waals surface area contributed by atoms with Gasteiger partial charge < -0.3 is 15.7 Å². The number of aliphatic hydroxyl groups is 1. The van der Waals surface area contributed by atoms with Crippen molar-refractivity contribution in [3.05, 3.63) is 54.4 Å². The van der Waals surface area contributed by atoms with Gasteiger partial charge in [0.25, 0.3) is 0 Å². The molecule has 1 unspecified atom stereocenters. The van der Waals surface area contributed by atoms with Gasteiger partial charge in [-0.3, -0.25) is 4.98 Å². The van der Waals surface area contributed by atoms with Crippen LogP contribution in [0.15, 0.2) is 48.8 Å². The molecule has 0 bridgehead atoms. The molecule has 0 aliphatic heterocycles. The molecular formula is C19H23N3O2. The maximum atomic E-state index is 12.0. The number of urea groups is 1. The predicted molar refractivity (Wildman–Crippen MR) is 93.4 cm³/mol. The molecule has 126 valence electrons. The van der Waals surface area contributed by atoms with E-state index in [9.17, 15) is 9.90 Å². The molecule has 3 N–H and O–H groups in total. The fraction of sp³-hybridized carbons (Fsp3) is 0.368. The van der Waals surface area contributed by atoms with Gasteiger partial charge in [0, 0.05) is 18.9 Å². The van der Waals surface area contributed by atoms with E-state index in [1.54, 1.807) is 6.20 Å². The maximum absolute atomic E-state index is 12.0. The highest BCUT2D eigenvalue weighted by Crippen LogP contribution is 2.30. The molecule has 0 saturated heterocycles. The van der Waals surface area contributed by atoms with E-state index >= 15 is 0 Å². The number of carbonyl (C=O) groups is 1. The molecule has 1 aromatic carbocycles. The fourth-order valence-electron chi connectivity index (χ4n) is 2.84. The molecule has 1 aliphatic rings. The van der Waals surface area contributed by atoms with E-state index < -0.39 is 5.60 Å². The minimum atomic E-state index is -0.702. The first-order valence-corrected chi connectivity index (χ1v) is 8.33. The molecule has 0 radical (unpaired) electrons. The first kappa shape index (κ1) is 16.5. The van der Waals surface area contributed by atoms with Crippen LogP contribution in [0, 0.1) is 0 Å². The van der Waals surface area contributed by atoms with Crippen LogP contribution in [-0.4, -0.2) is 28.3 Å². The normalized spacial score (nSPS) is 16.8. The van der Waals surface area contributed by atoms with Gasteiger partial charge in [-0.2, -0.15) is 0 Å². The molecule has 2 amide bonds. The lowest BCUT2D eigenvalue weighted by Gasteiger charge is -2.36. The largest absolute Gasteiger partial charge is 0.388 e. The zero-order chi connectivity index (χ0) is 17.0. The molecule has 2 aromatic rings. The summed E-state index contributed by atoms with van der Waals surface area (Å²) in [6, 6.07) is 11.6. The number of hydrogen-bond acceptors (Lipinski definition) is 3. The van der Waals surface area contributed by atoms with Crippen molar-refractivity contribution in [2.24, 2.45) is 0 Å². The topological polar surface area (TPSA) is 74.2 Å². The highest BCUT2D eigenvalue weighted by Gasteiger charge is 2.34. The third-order valence-electron chi connectivity index (χ3n) is 4.62. The number of amides is 2. The molecule has 1 aliphatic carbocycles. The number of nitrogens with zero attached hydrogens (tertiary/aromatic N) is 1.